The summed E-state index contributed by atoms with van der Waals surface area (Å²) in [5.41, 5.74) is 14.6. The van der Waals surface area contributed by atoms with Crippen molar-refractivity contribution in [2.45, 2.75) is 106 Å². The molecule has 22 heteroatoms. The monoisotopic (exact) mass is 1110 g/mol. The van der Waals surface area contributed by atoms with E-state index in [1.165, 1.54) is 19.1 Å². The average molecular weight is 1110 g/mol. The van der Waals surface area contributed by atoms with E-state index in [-0.39, 0.29) is 55.9 Å². The largest absolute Gasteiger partial charge is 0.508 e. The second-order valence-electron chi connectivity index (χ2n) is 19.0. The number of carboxylic acid groups (broad SMARTS) is 1. The van der Waals surface area contributed by atoms with E-state index in [0.717, 1.165) is 32.4 Å². The highest BCUT2D eigenvalue weighted by Gasteiger charge is 2.36. The lowest BCUT2D eigenvalue weighted by molar-refractivity contribution is -0.141. The summed E-state index contributed by atoms with van der Waals surface area (Å²) in [7, 11) is 2.04. The number of aliphatic hydroxyl groups excluding tert-OH is 1. The third-order valence-electron chi connectivity index (χ3n) is 12.9. The van der Waals surface area contributed by atoms with Gasteiger partial charge in [0.1, 0.15) is 48.0 Å². The van der Waals surface area contributed by atoms with E-state index in [1.807, 2.05) is 30.3 Å². The van der Waals surface area contributed by atoms with Crippen LogP contribution >= 0.6 is 21.6 Å². The second kappa shape index (κ2) is 29.9. The van der Waals surface area contributed by atoms with Crippen molar-refractivity contribution in [3.05, 3.63) is 150 Å². The first-order valence-electron chi connectivity index (χ1n) is 25.6. The van der Waals surface area contributed by atoms with Crippen LogP contribution < -0.4 is 48.7 Å². The summed E-state index contributed by atoms with van der Waals surface area (Å²) >= 11 is 0. The van der Waals surface area contributed by atoms with E-state index < -0.39 is 102 Å². The standard InChI is InChI=1S/C56H67N9O11S2/c1-33(66)48-55(74)63-45(28-35-15-6-3-7-16-35)53(72)64-47(56(75)76)32-78-77-31-41(58)49(68)60-43(27-34-13-4-2-5-14-34)51(70)61-44(29-36-22-24-39(67)25-23-36)52(71)62-46(30-38-19-12-18-37-17-8-9-20-40(37)38)54(73)59-42(50(69)65-48)21-10-11-26-57/h2-9,12-20,22-25,33,41-48,66-67H,10-11,21,26-32,57-58H2,1H3,(H,59,73)(H,60,68)(H,61,70)(H,62,71)(H,63,74)(H,64,72)(H,65,69)(H,75,76)/t33-,41-,42+,43-,44+,45+,46+,47-,48+/m1/s1. The van der Waals surface area contributed by atoms with Crippen molar-refractivity contribution < 1.29 is 53.7 Å². The first kappa shape index (κ1) is 59.7. The molecule has 14 N–H and O–H groups in total. The molecule has 0 saturated carbocycles. The molecule has 0 bridgehead atoms. The summed E-state index contributed by atoms with van der Waals surface area (Å²) in [5.74, 6) is -7.71. The van der Waals surface area contributed by atoms with Gasteiger partial charge in [0, 0.05) is 37.2 Å². The molecule has 1 fully saturated rings. The molecule has 0 unspecified atom stereocenters. The molecule has 5 aromatic rings. The van der Waals surface area contributed by atoms with Crippen LogP contribution in [0.15, 0.2) is 127 Å². The van der Waals surface area contributed by atoms with Crippen LogP contribution in [0.2, 0.25) is 0 Å². The number of phenols is 1. The number of nitrogens with two attached hydrogens (primary N) is 2. The van der Waals surface area contributed by atoms with Gasteiger partial charge >= 0.3 is 5.97 Å². The minimum atomic E-state index is -1.71. The maximum Gasteiger partial charge on any atom is 0.327 e. The third-order valence-corrected chi connectivity index (χ3v) is 15.4. The molecular formula is C56H67N9O11S2. The van der Waals surface area contributed by atoms with Gasteiger partial charge in [0.25, 0.3) is 0 Å². The Labute approximate surface area is 459 Å². The molecule has 9 atom stereocenters. The zero-order valence-corrected chi connectivity index (χ0v) is 44.6. The van der Waals surface area contributed by atoms with E-state index in [1.54, 1.807) is 84.9 Å². The molecule has 20 nitrogen and oxygen atoms in total. The predicted molar refractivity (Wildman–Crippen MR) is 298 cm³/mol. The number of aromatic hydroxyl groups is 1. The number of hydrogen-bond acceptors (Lipinski definition) is 14. The number of amides is 7. The number of aliphatic hydroxyl groups is 1. The maximum absolute atomic E-state index is 14.9. The van der Waals surface area contributed by atoms with Gasteiger partial charge in [-0.05, 0) is 77.9 Å². The lowest BCUT2D eigenvalue weighted by atomic mass is 9.97. The van der Waals surface area contributed by atoms with Crippen LogP contribution in [-0.2, 0) is 64.0 Å². The Hall–Kier alpha value is -7.50. The van der Waals surface area contributed by atoms with Crippen LogP contribution in [0.4, 0.5) is 0 Å². The Morgan fingerprint density at radius 2 is 1.00 bits per heavy atom. The van der Waals surface area contributed by atoms with Gasteiger partial charge in [0.15, 0.2) is 0 Å². The smallest absolute Gasteiger partial charge is 0.327 e. The van der Waals surface area contributed by atoms with Gasteiger partial charge in [-0.25, -0.2) is 4.79 Å². The van der Waals surface area contributed by atoms with Crippen LogP contribution in [0.5, 0.6) is 5.75 Å². The summed E-state index contributed by atoms with van der Waals surface area (Å²) in [6, 6.07) is 24.8. The number of carboxylic acids is 1. The quantitative estimate of drug-likeness (QED) is 0.0554. The second-order valence-corrected chi connectivity index (χ2v) is 21.5. The predicted octanol–water partition coefficient (Wildman–Crippen LogP) is 1.53. The van der Waals surface area contributed by atoms with E-state index in [0.29, 0.717) is 35.1 Å². The number of carbonyl (C=O) groups excluding carboxylic acids is 7. The number of unbranched alkanes of at least 4 members (excludes halogenated alkanes) is 1. The number of aliphatic carboxylic acids is 1. The molecule has 5 aromatic carbocycles. The highest BCUT2D eigenvalue weighted by Crippen LogP contribution is 2.24. The highest BCUT2D eigenvalue weighted by molar-refractivity contribution is 8.76. The maximum atomic E-state index is 14.9. The minimum absolute atomic E-state index is 0.0124. The fourth-order valence-corrected chi connectivity index (χ4v) is 10.9. The van der Waals surface area contributed by atoms with Crippen molar-refractivity contribution in [2.24, 2.45) is 11.5 Å². The number of rotatable bonds is 14. The molecule has 1 aliphatic rings. The fourth-order valence-electron chi connectivity index (χ4n) is 8.63. The third kappa shape index (κ3) is 18.0. The van der Waals surface area contributed by atoms with Crippen molar-refractivity contribution in [1.29, 1.82) is 0 Å². The lowest BCUT2D eigenvalue weighted by Gasteiger charge is -2.29. The normalized spacial score (nSPS) is 23.3. The Morgan fingerprint density at radius 3 is 1.56 bits per heavy atom. The highest BCUT2D eigenvalue weighted by atomic mass is 33.1. The van der Waals surface area contributed by atoms with Crippen molar-refractivity contribution in [2.75, 3.05) is 18.1 Å². The molecule has 1 heterocycles. The summed E-state index contributed by atoms with van der Waals surface area (Å²) in [6.45, 7) is 1.48. The van der Waals surface area contributed by atoms with Gasteiger partial charge in [0.2, 0.25) is 41.4 Å². The van der Waals surface area contributed by atoms with E-state index in [4.69, 9.17) is 11.5 Å². The zero-order chi connectivity index (χ0) is 56.1. The SMILES string of the molecule is C[C@@H](O)[C@@H]1NC(=O)[C@H](CCCCN)NC(=O)[C@H](Cc2cccc3ccccc23)NC(=O)[C@H](Cc2ccc(O)cc2)NC(=O)[C@@H](Cc2ccccc2)NC(=O)[C@H](N)CSSC[C@H](C(=O)O)NC(=O)[C@H](Cc2ccccc2)NC1=O. The zero-order valence-electron chi connectivity index (χ0n) is 43.0. The molecule has 1 aliphatic heterocycles. The topological polar surface area (TPSA) is 333 Å². The number of phenolic OH excluding ortho intramolecular Hbond substituents is 1. The first-order valence-corrected chi connectivity index (χ1v) is 28.0. The molecule has 414 valence electrons. The van der Waals surface area contributed by atoms with Crippen molar-refractivity contribution in [3.8, 4) is 5.75 Å². The van der Waals surface area contributed by atoms with E-state index in [2.05, 4.69) is 37.2 Å². The molecule has 78 heavy (non-hydrogen) atoms. The number of carbonyl (C=O) groups is 8. The molecule has 0 aromatic heterocycles. The number of fused-ring (bicyclic) bond motifs is 1. The Balaban J connectivity index is 1.41. The Bertz CT molecular complexity index is 2840. The summed E-state index contributed by atoms with van der Waals surface area (Å²) in [5, 5.41) is 51.7. The summed E-state index contributed by atoms with van der Waals surface area (Å²) in [4.78, 5) is 114. The van der Waals surface area contributed by atoms with Gasteiger partial charge in [0.05, 0.1) is 12.1 Å². The fraction of sp³-hybridized carbons (Fsp3) is 0.357. The van der Waals surface area contributed by atoms with Crippen molar-refractivity contribution in [1.82, 2.24) is 37.2 Å². The van der Waals surface area contributed by atoms with Gasteiger partial charge < -0.3 is 64.0 Å². The molecule has 7 amide bonds. The Kier molecular flexibility index (Phi) is 22.9. The summed E-state index contributed by atoms with van der Waals surface area (Å²) < 4.78 is 0. The number of hydrogen-bond donors (Lipinski definition) is 12. The van der Waals surface area contributed by atoms with Crippen LogP contribution in [0, 0.1) is 0 Å². The van der Waals surface area contributed by atoms with Crippen LogP contribution in [0.1, 0.15) is 48.4 Å². The molecule has 0 spiro atoms. The summed E-state index contributed by atoms with van der Waals surface area (Å²) in [6.07, 6.45) is -1.28. The first-order chi connectivity index (χ1) is 37.5. The van der Waals surface area contributed by atoms with E-state index in [9.17, 15) is 53.7 Å². The molecule has 0 aliphatic carbocycles. The minimum Gasteiger partial charge on any atom is -0.508 e. The lowest BCUT2D eigenvalue weighted by Crippen LogP contribution is -2.62. The Morgan fingerprint density at radius 1 is 0.538 bits per heavy atom. The van der Waals surface area contributed by atoms with Crippen LogP contribution in [-0.4, -0.2) is 135 Å². The molecule has 0 radical (unpaired) electrons. The number of nitrogens with one attached hydrogen (secondary N) is 7. The van der Waals surface area contributed by atoms with Crippen LogP contribution in [0.25, 0.3) is 10.8 Å². The van der Waals surface area contributed by atoms with Gasteiger partial charge in [-0.1, -0.05) is 137 Å². The van der Waals surface area contributed by atoms with E-state index >= 15 is 0 Å². The van der Waals surface area contributed by atoms with Gasteiger partial charge in [-0.2, -0.15) is 0 Å². The molecule has 6 rings (SSSR count). The molecule has 1 saturated heterocycles. The number of benzene rings is 5. The average Bonchev–Trinajstić information content (AvgIpc) is 3.43. The van der Waals surface area contributed by atoms with Crippen molar-refractivity contribution in [3.63, 3.8) is 0 Å². The van der Waals surface area contributed by atoms with Crippen molar-refractivity contribution >= 4 is 79.7 Å². The van der Waals surface area contributed by atoms with Gasteiger partial charge in [-0.15, -0.1) is 0 Å². The molecular weight excluding hydrogens is 1040 g/mol. The van der Waals surface area contributed by atoms with Crippen LogP contribution in [0.3, 0.4) is 0 Å². The van der Waals surface area contributed by atoms with Gasteiger partial charge in [-0.3, -0.25) is 33.6 Å².